The van der Waals surface area contributed by atoms with Crippen molar-refractivity contribution in [1.82, 2.24) is 15.2 Å². The van der Waals surface area contributed by atoms with Gasteiger partial charge in [0.2, 0.25) is 0 Å². The summed E-state index contributed by atoms with van der Waals surface area (Å²) in [5.41, 5.74) is 2.15. The van der Waals surface area contributed by atoms with Crippen molar-refractivity contribution in [3.63, 3.8) is 0 Å². The van der Waals surface area contributed by atoms with Gasteiger partial charge in [0.05, 0.1) is 19.4 Å². The van der Waals surface area contributed by atoms with Gasteiger partial charge in [0, 0.05) is 37.9 Å². The highest BCUT2D eigenvalue weighted by molar-refractivity contribution is 5.20. The Morgan fingerprint density at radius 2 is 1.92 bits per heavy atom. The summed E-state index contributed by atoms with van der Waals surface area (Å²) in [4.78, 5) is 6.39. The first-order valence-corrected chi connectivity index (χ1v) is 8.44. The summed E-state index contributed by atoms with van der Waals surface area (Å²) in [6.45, 7) is 6.23. The molecule has 128 valence electrons. The molecule has 24 heavy (non-hydrogen) atoms. The van der Waals surface area contributed by atoms with Crippen LogP contribution in [0.25, 0.3) is 0 Å². The lowest BCUT2D eigenvalue weighted by Crippen LogP contribution is -2.43. The molecule has 5 heteroatoms. The summed E-state index contributed by atoms with van der Waals surface area (Å²) in [6, 6.07) is 12.4. The molecule has 1 aliphatic heterocycles. The summed E-state index contributed by atoms with van der Waals surface area (Å²) in [6.07, 6.45) is 2.95. The highest BCUT2D eigenvalue weighted by Gasteiger charge is 2.23. The zero-order valence-corrected chi connectivity index (χ0v) is 14.0. The van der Waals surface area contributed by atoms with Crippen molar-refractivity contribution in [2.24, 2.45) is 0 Å². The molecule has 0 aliphatic carbocycles. The molecule has 0 saturated carbocycles. The monoisotopic (exact) mass is 329 g/mol. The van der Waals surface area contributed by atoms with E-state index < -0.39 is 0 Å². The predicted octanol–water partition coefficient (Wildman–Crippen LogP) is 2.94. The van der Waals surface area contributed by atoms with Crippen LogP contribution in [0, 0.1) is 5.82 Å². The van der Waals surface area contributed by atoms with Gasteiger partial charge < -0.3 is 10.1 Å². The largest absolute Gasteiger partial charge is 0.379 e. The molecule has 2 atom stereocenters. The molecule has 0 bridgehead atoms. The number of halogens is 1. The first-order chi connectivity index (χ1) is 11.7. The second-order valence-corrected chi connectivity index (χ2v) is 6.14. The van der Waals surface area contributed by atoms with Gasteiger partial charge in [-0.2, -0.15) is 0 Å². The Kier molecular flexibility index (Phi) is 5.91. The van der Waals surface area contributed by atoms with Gasteiger partial charge in [0.15, 0.2) is 0 Å². The van der Waals surface area contributed by atoms with Crippen LogP contribution in [0.2, 0.25) is 0 Å². The number of nitrogens with zero attached hydrogens (tertiary/aromatic N) is 2. The quantitative estimate of drug-likeness (QED) is 0.884. The minimum atomic E-state index is -0.297. The Labute approximate surface area is 142 Å². The first-order valence-electron chi connectivity index (χ1n) is 8.44. The number of benzene rings is 1. The maximum Gasteiger partial charge on any atom is 0.141 e. The molecule has 1 aromatic carbocycles. The molecule has 2 heterocycles. The van der Waals surface area contributed by atoms with Crippen LogP contribution in [0.3, 0.4) is 0 Å². The Morgan fingerprint density at radius 3 is 2.62 bits per heavy atom. The number of pyridine rings is 1. The van der Waals surface area contributed by atoms with Crippen molar-refractivity contribution in [2.75, 3.05) is 32.8 Å². The number of hydrogen-bond acceptors (Lipinski definition) is 4. The second-order valence-electron chi connectivity index (χ2n) is 6.14. The Morgan fingerprint density at radius 1 is 1.17 bits per heavy atom. The predicted molar refractivity (Wildman–Crippen MR) is 92.2 cm³/mol. The van der Waals surface area contributed by atoms with Crippen molar-refractivity contribution in [1.29, 1.82) is 0 Å². The van der Waals surface area contributed by atoms with Crippen molar-refractivity contribution in [3.8, 4) is 0 Å². The van der Waals surface area contributed by atoms with E-state index in [9.17, 15) is 4.39 Å². The molecule has 0 unspecified atom stereocenters. The Balaban J connectivity index is 1.69. The molecule has 1 aliphatic rings. The molecule has 1 N–H and O–H groups in total. The van der Waals surface area contributed by atoms with Crippen LogP contribution < -0.4 is 5.32 Å². The van der Waals surface area contributed by atoms with Crippen molar-refractivity contribution < 1.29 is 9.13 Å². The molecule has 0 radical (unpaired) electrons. The summed E-state index contributed by atoms with van der Waals surface area (Å²) in [7, 11) is 0. The summed E-state index contributed by atoms with van der Waals surface area (Å²) < 4.78 is 18.9. The van der Waals surface area contributed by atoms with Crippen LogP contribution in [0.5, 0.6) is 0 Å². The fraction of sp³-hybridized carbons (Fsp3) is 0.421. The second kappa shape index (κ2) is 8.33. The number of nitrogens with one attached hydrogen (secondary N) is 1. The van der Waals surface area contributed by atoms with E-state index in [1.54, 1.807) is 6.20 Å². The van der Waals surface area contributed by atoms with E-state index >= 15 is 0 Å². The third-order valence-corrected chi connectivity index (χ3v) is 4.51. The molecule has 0 amide bonds. The zero-order chi connectivity index (χ0) is 16.8. The minimum absolute atomic E-state index is 0.0421. The molecule has 4 nitrogen and oxygen atoms in total. The van der Waals surface area contributed by atoms with E-state index in [4.69, 9.17) is 4.74 Å². The van der Waals surface area contributed by atoms with Crippen molar-refractivity contribution in [2.45, 2.75) is 19.0 Å². The Bertz CT molecular complexity index is 632. The van der Waals surface area contributed by atoms with E-state index in [2.05, 4.69) is 39.5 Å². The maximum atomic E-state index is 13.4. The average molecular weight is 329 g/mol. The highest BCUT2D eigenvalue weighted by Crippen LogP contribution is 2.22. The van der Waals surface area contributed by atoms with E-state index in [0.717, 1.165) is 38.4 Å². The molecule has 3 rings (SSSR count). The van der Waals surface area contributed by atoms with Crippen LogP contribution in [-0.2, 0) is 4.74 Å². The van der Waals surface area contributed by atoms with Crippen LogP contribution >= 0.6 is 0 Å². The minimum Gasteiger partial charge on any atom is -0.379 e. The van der Waals surface area contributed by atoms with Crippen molar-refractivity contribution in [3.05, 3.63) is 65.7 Å². The number of rotatable bonds is 6. The van der Waals surface area contributed by atoms with Gasteiger partial charge >= 0.3 is 0 Å². The van der Waals surface area contributed by atoms with Gasteiger partial charge in [-0.05, 0) is 24.1 Å². The molecular weight excluding hydrogens is 305 g/mol. The molecular formula is C19H24FN3O. The van der Waals surface area contributed by atoms with E-state index in [0.29, 0.717) is 0 Å². The van der Waals surface area contributed by atoms with Crippen LogP contribution in [0.4, 0.5) is 4.39 Å². The van der Waals surface area contributed by atoms with Gasteiger partial charge in [0.25, 0.3) is 0 Å². The van der Waals surface area contributed by atoms with E-state index in [-0.39, 0.29) is 17.9 Å². The summed E-state index contributed by atoms with van der Waals surface area (Å²) >= 11 is 0. The van der Waals surface area contributed by atoms with Gasteiger partial charge in [-0.1, -0.05) is 30.3 Å². The smallest absolute Gasteiger partial charge is 0.141 e. The average Bonchev–Trinajstić information content (AvgIpc) is 2.63. The standard InChI is InChI=1S/C19H24FN3O/c1-15(17-11-18(20)13-21-12-17)22-14-19(16-5-3-2-4-6-16)23-7-9-24-10-8-23/h2-6,11-13,15,19,22H,7-10,14H2,1H3/t15-,19-/m0/s1. The van der Waals surface area contributed by atoms with Crippen molar-refractivity contribution >= 4 is 0 Å². The van der Waals surface area contributed by atoms with Crippen LogP contribution in [-0.4, -0.2) is 42.7 Å². The fourth-order valence-electron chi connectivity index (χ4n) is 3.09. The van der Waals surface area contributed by atoms with Crippen LogP contribution in [0.15, 0.2) is 48.8 Å². The number of ether oxygens (including phenoxy) is 1. The lowest BCUT2D eigenvalue weighted by Gasteiger charge is -2.35. The van der Waals surface area contributed by atoms with Gasteiger partial charge in [-0.25, -0.2) is 4.39 Å². The third kappa shape index (κ3) is 4.38. The van der Waals surface area contributed by atoms with Gasteiger partial charge in [-0.15, -0.1) is 0 Å². The number of morpholine rings is 1. The van der Waals surface area contributed by atoms with Gasteiger partial charge in [0.1, 0.15) is 5.82 Å². The normalized spacial score (nSPS) is 18.2. The van der Waals surface area contributed by atoms with E-state index in [1.165, 1.54) is 17.8 Å². The number of aromatic nitrogens is 1. The molecule has 1 saturated heterocycles. The first kappa shape index (κ1) is 17.0. The third-order valence-electron chi connectivity index (χ3n) is 4.51. The van der Waals surface area contributed by atoms with Crippen LogP contribution in [0.1, 0.15) is 30.1 Å². The SMILES string of the molecule is C[C@H](NC[C@@H](c1ccccc1)N1CCOCC1)c1cncc(F)c1. The summed E-state index contributed by atoms with van der Waals surface area (Å²) in [5.74, 6) is -0.297. The zero-order valence-electron chi connectivity index (χ0n) is 14.0. The summed E-state index contributed by atoms with van der Waals surface area (Å²) in [5, 5.41) is 3.53. The fourth-order valence-corrected chi connectivity index (χ4v) is 3.09. The van der Waals surface area contributed by atoms with Gasteiger partial charge in [-0.3, -0.25) is 9.88 Å². The highest BCUT2D eigenvalue weighted by atomic mass is 19.1. The molecule has 1 fully saturated rings. The molecule has 0 spiro atoms. The maximum absolute atomic E-state index is 13.4. The molecule has 2 aromatic rings. The lowest BCUT2D eigenvalue weighted by atomic mass is 10.0. The Hall–Kier alpha value is -1.82. The number of hydrogen-bond donors (Lipinski definition) is 1. The lowest BCUT2D eigenvalue weighted by molar-refractivity contribution is 0.0157. The topological polar surface area (TPSA) is 37.4 Å². The molecule has 1 aromatic heterocycles. The van der Waals surface area contributed by atoms with E-state index in [1.807, 2.05) is 13.0 Å².